The van der Waals surface area contributed by atoms with Crippen molar-refractivity contribution in [2.75, 3.05) is 0 Å². The highest BCUT2D eigenvalue weighted by Gasteiger charge is 2.09. The van der Waals surface area contributed by atoms with Crippen LogP contribution in [0.1, 0.15) is 25.7 Å². The van der Waals surface area contributed by atoms with Gasteiger partial charge in [0, 0.05) is 0 Å². The van der Waals surface area contributed by atoms with Gasteiger partial charge in [0.05, 0.1) is 12.1 Å². The van der Waals surface area contributed by atoms with Gasteiger partial charge >= 0.3 is 0 Å². The van der Waals surface area contributed by atoms with Crippen LogP contribution in [-0.2, 0) is 0 Å². The van der Waals surface area contributed by atoms with E-state index in [4.69, 9.17) is 11.1 Å². The SMILES string of the molecule is N=NC1/C=C\C(N=N)CCCC1. The second kappa shape index (κ2) is 4.74. The molecule has 2 N–H and O–H groups in total. The quantitative estimate of drug-likeness (QED) is 0.467. The number of hydrogen-bond donors (Lipinski definition) is 2. The first-order valence-corrected chi connectivity index (χ1v) is 4.28. The van der Waals surface area contributed by atoms with E-state index in [1.807, 2.05) is 12.2 Å². The maximum Gasteiger partial charge on any atom is 0.0886 e. The van der Waals surface area contributed by atoms with E-state index in [2.05, 4.69) is 10.2 Å². The Labute approximate surface area is 72.1 Å². The molecule has 1 aliphatic carbocycles. The van der Waals surface area contributed by atoms with E-state index in [1.165, 1.54) is 0 Å². The molecule has 4 nitrogen and oxygen atoms in total. The minimum Gasteiger partial charge on any atom is -0.209 e. The Balaban J connectivity index is 2.56. The van der Waals surface area contributed by atoms with Crippen molar-refractivity contribution in [1.29, 1.82) is 11.1 Å². The molecule has 0 spiro atoms. The van der Waals surface area contributed by atoms with Gasteiger partial charge in [-0.25, -0.2) is 11.1 Å². The summed E-state index contributed by atoms with van der Waals surface area (Å²) in [5, 5.41) is 6.96. The van der Waals surface area contributed by atoms with Crippen LogP contribution in [0.4, 0.5) is 0 Å². The Morgan fingerprint density at radius 2 is 1.33 bits per heavy atom. The Kier molecular flexibility index (Phi) is 3.57. The van der Waals surface area contributed by atoms with Crippen molar-refractivity contribution >= 4 is 0 Å². The van der Waals surface area contributed by atoms with Gasteiger partial charge in [-0.15, -0.1) is 0 Å². The summed E-state index contributed by atoms with van der Waals surface area (Å²) in [4.78, 5) is 0. The lowest BCUT2D eigenvalue weighted by atomic mass is 10.0. The molecule has 0 fully saturated rings. The molecule has 0 aromatic rings. The fourth-order valence-corrected chi connectivity index (χ4v) is 1.37. The Bertz CT molecular complexity index is 167. The lowest BCUT2D eigenvalue weighted by Crippen LogP contribution is -2.07. The van der Waals surface area contributed by atoms with Gasteiger partial charge in [0.25, 0.3) is 0 Å². The van der Waals surface area contributed by atoms with Crippen LogP contribution in [0.5, 0.6) is 0 Å². The van der Waals surface area contributed by atoms with Crippen molar-refractivity contribution in [1.82, 2.24) is 0 Å². The molecular weight excluding hydrogens is 152 g/mol. The van der Waals surface area contributed by atoms with Gasteiger partial charge in [-0.1, -0.05) is 25.0 Å². The van der Waals surface area contributed by atoms with E-state index in [1.54, 1.807) is 0 Å². The van der Waals surface area contributed by atoms with Crippen molar-refractivity contribution in [2.45, 2.75) is 37.8 Å². The Morgan fingerprint density at radius 3 is 1.67 bits per heavy atom. The smallest absolute Gasteiger partial charge is 0.0886 e. The monoisotopic (exact) mass is 166 g/mol. The van der Waals surface area contributed by atoms with Crippen molar-refractivity contribution < 1.29 is 0 Å². The number of rotatable bonds is 2. The minimum absolute atomic E-state index is 0.0227. The average Bonchev–Trinajstić information content (AvgIpc) is 2.05. The molecule has 0 aromatic carbocycles. The number of nitrogens with zero attached hydrogens (tertiary/aromatic N) is 2. The fraction of sp³-hybridized carbons (Fsp3) is 0.750. The van der Waals surface area contributed by atoms with Crippen LogP contribution in [0.3, 0.4) is 0 Å². The van der Waals surface area contributed by atoms with Crippen LogP contribution >= 0.6 is 0 Å². The van der Waals surface area contributed by atoms with Gasteiger partial charge in [-0.2, -0.15) is 10.2 Å². The second-order valence-corrected chi connectivity index (χ2v) is 3.06. The zero-order chi connectivity index (χ0) is 8.81. The van der Waals surface area contributed by atoms with Crippen LogP contribution in [0.25, 0.3) is 0 Å². The lowest BCUT2D eigenvalue weighted by Gasteiger charge is -2.12. The normalized spacial score (nSPS) is 33.0. The third-order valence-electron chi connectivity index (χ3n) is 2.14. The average molecular weight is 166 g/mol. The Morgan fingerprint density at radius 1 is 0.917 bits per heavy atom. The number of nitrogens with one attached hydrogen (secondary N) is 2. The molecule has 1 rings (SSSR count). The van der Waals surface area contributed by atoms with Crippen molar-refractivity contribution in [3.05, 3.63) is 12.2 Å². The van der Waals surface area contributed by atoms with Gasteiger partial charge in [-0.05, 0) is 12.8 Å². The molecule has 0 aromatic heterocycles. The summed E-state index contributed by atoms with van der Waals surface area (Å²) in [5.74, 6) is 0. The molecule has 0 amide bonds. The predicted molar refractivity (Wildman–Crippen MR) is 45.5 cm³/mol. The van der Waals surface area contributed by atoms with Crippen LogP contribution in [-0.4, -0.2) is 12.1 Å². The fourth-order valence-electron chi connectivity index (χ4n) is 1.37. The molecular formula is C8H14N4. The van der Waals surface area contributed by atoms with Crippen molar-refractivity contribution in [3.8, 4) is 0 Å². The lowest BCUT2D eigenvalue weighted by molar-refractivity contribution is 0.539. The first-order chi connectivity index (χ1) is 5.86. The van der Waals surface area contributed by atoms with E-state index in [-0.39, 0.29) is 12.1 Å². The molecule has 2 atom stereocenters. The molecule has 0 bridgehead atoms. The standard InChI is InChI=1S/C8H14N4/c9-11-7-3-1-2-4-8(12-10)6-5-7/h5-10H,1-4H2/b6-5-,11-9?,12-10?. The summed E-state index contributed by atoms with van der Waals surface area (Å²) in [6, 6.07) is 0.0455. The first-order valence-electron chi connectivity index (χ1n) is 4.28. The summed E-state index contributed by atoms with van der Waals surface area (Å²) in [6.45, 7) is 0. The molecule has 0 saturated carbocycles. The van der Waals surface area contributed by atoms with Crippen LogP contribution in [0.2, 0.25) is 0 Å². The summed E-state index contributed by atoms with van der Waals surface area (Å²) < 4.78 is 0. The topological polar surface area (TPSA) is 72.4 Å². The van der Waals surface area contributed by atoms with Crippen molar-refractivity contribution in [2.24, 2.45) is 10.2 Å². The maximum absolute atomic E-state index is 6.88. The summed E-state index contributed by atoms with van der Waals surface area (Å²) >= 11 is 0. The van der Waals surface area contributed by atoms with Crippen LogP contribution in [0.15, 0.2) is 22.4 Å². The Hall–Kier alpha value is -1.06. The third kappa shape index (κ3) is 2.53. The zero-order valence-electron chi connectivity index (χ0n) is 7.03. The molecule has 0 heterocycles. The van der Waals surface area contributed by atoms with E-state index in [0.717, 1.165) is 25.7 Å². The van der Waals surface area contributed by atoms with E-state index in [0.29, 0.717) is 0 Å². The highest BCUT2D eigenvalue weighted by atomic mass is 15.0. The maximum atomic E-state index is 6.88. The largest absolute Gasteiger partial charge is 0.209 e. The predicted octanol–water partition coefficient (Wildman–Crippen LogP) is 2.92. The molecule has 0 aliphatic heterocycles. The van der Waals surface area contributed by atoms with Gasteiger partial charge in [-0.3, -0.25) is 0 Å². The zero-order valence-corrected chi connectivity index (χ0v) is 7.03. The number of hydrogen-bond acceptors (Lipinski definition) is 4. The van der Waals surface area contributed by atoms with Gasteiger partial charge in [0.15, 0.2) is 0 Å². The molecule has 66 valence electrons. The third-order valence-corrected chi connectivity index (χ3v) is 2.14. The highest BCUT2D eigenvalue weighted by Crippen LogP contribution is 2.15. The highest BCUT2D eigenvalue weighted by molar-refractivity contribution is 5.00. The molecule has 1 aliphatic rings. The molecule has 2 unspecified atom stereocenters. The van der Waals surface area contributed by atoms with Gasteiger partial charge in [0.1, 0.15) is 0 Å². The van der Waals surface area contributed by atoms with E-state index < -0.39 is 0 Å². The van der Waals surface area contributed by atoms with Gasteiger partial charge < -0.3 is 0 Å². The first kappa shape index (κ1) is 9.03. The summed E-state index contributed by atoms with van der Waals surface area (Å²) in [5.41, 5.74) is 13.8. The summed E-state index contributed by atoms with van der Waals surface area (Å²) in [6.07, 6.45) is 7.89. The van der Waals surface area contributed by atoms with E-state index in [9.17, 15) is 0 Å². The molecule has 4 heteroatoms. The van der Waals surface area contributed by atoms with E-state index >= 15 is 0 Å². The van der Waals surface area contributed by atoms with Crippen LogP contribution in [0, 0.1) is 11.1 Å². The molecule has 0 radical (unpaired) electrons. The second-order valence-electron chi connectivity index (χ2n) is 3.06. The molecule has 0 saturated heterocycles. The van der Waals surface area contributed by atoms with Crippen LogP contribution < -0.4 is 0 Å². The van der Waals surface area contributed by atoms with Crippen molar-refractivity contribution in [3.63, 3.8) is 0 Å². The summed E-state index contributed by atoms with van der Waals surface area (Å²) in [7, 11) is 0. The van der Waals surface area contributed by atoms with Gasteiger partial charge in [0.2, 0.25) is 0 Å². The molecule has 12 heavy (non-hydrogen) atoms. The minimum atomic E-state index is 0.0227.